The van der Waals surface area contributed by atoms with E-state index >= 15 is 0 Å². The van der Waals surface area contributed by atoms with Crippen molar-refractivity contribution < 1.29 is 19.8 Å². The molecule has 9 heteroatoms. The van der Waals surface area contributed by atoms with Crippen LogP contribution in [0.1, 0.15) is 78.1 Å². The molecule has 3 aromatic heterocycles. The average Bonchev–Trinajstić information content (AvgIpc) is 3.50. The molecule has 3 aliphatic heterocycles. The minimum absolute atomic E-state index is 0.00926. The van der Waals surface area contributed by atoms with Crippen molar-refractivity contribution in [2.24, 2.45) is 0 Å². The highest BCUT2D eigenvalue weighted by Crippen LogP contribution is 2.47. The minimum atomic E-state index is -0.869. The summed E-state index contributed by atoms with van der Waals surface area (Å²) in [5.74, 6) is -0.685. The maximum Gasteiger partial charge on any atom is 0.303 e. The van der Waals surface area contributed by atoms with E-state index in [9.17, 15) is 19.8 Å². The summed E-state index contributed by atoms with van der Waals surface area (Å²) in [4.78, 5) is 40.4. The molecule has 0 unspecified atom stereocenters. The van der Waals surface area contributed by atoms with Gasteiger partial charge in [0.05, 0.1) is 22.8 Å². The van der Waals surface area contributed by atoms with Crippen LogP contribution in [-0.4, -0.2) is 53.1 Å². The summed E-state index contributed by atoms with van der Waals surface area (Å²) in [5, 5.41) is 19.4. The Hall–Kier alpha value is -4.37. The van der Waals surface area contributed by atoms with Crippen molar-refractivity contribution in [1.82, 2.24) is 19.9 Å². The standard InChI is InChI=1S/C34H34N4O4S/c1-6-20-16(2)23-11-24-17(3)21(7-9-32(39)40)28(36-24)14-29-22(8-10-33(41)42)18(4)25(37-29)13-30-34(31-15-43-31)19(5)26(38-30)12-27(20)35-23/h6,11-14,31,35-36H,1,7-10,15H2,2-5H3,(H,39,40)(H,41,42)/t31-/m0/s1. The van der Waals surface area contributed by atoms with E-state index in [1.807, 2.05) is 43.8 Å². The first-order valence-corrected chi connectivity index (χ1v) is 15.4. The van der Waals surface area contributed by atoms with Gasteiger partial charge in [0.1, 0.15) is 0 Å². The fourth-order valence-electron chi connectivity index (χ4n) is 6.13. The first kappa shape index (κ1) is 28.7. The van der Waals surface area contributed by atoms with Gasteiger partial charge < -0.3 is 20.2 Å². The lowest BCUT2D eigenvalue weighted by Crippen LogP contribution is -1.98. The highest BCUT2D eigenvalue weighted by molar-refractivity contribution is 8.07. The average molecular weight is 595 g/mol. The quantitative estimate of drug-likeness (QED) is 0.199. The number of allylic oxidation sites excluding steroid dienone is 3. The Balaban J connectivity index is 1.73. The molecule has 43 heavy (non-hydrogen) atoms. The topological polar surface area (TPSA) is 132 Å². The van der Waals surface area contributed by atoms with Crippen molar-refractivity contribution in [3.63, 3.8) is 0 Å². The Labute approximate surface area is 253 Å². The number of nitrogens with zero attached hydrogens (tertiary/aromatic N) is 2. The Morgan fingerprint density at radius 1 is 0.837 bits per heavy atom. The predicted octanol–water partition coefficient (Wildman–Crippen LogP) is 7.43. The molecule has 0 aromatic carbocycles. The minimum Gasteiger partial charge on any atom is -0.481 e. The van der Waals surface area contributed by atoms with Crippen LogP contribution in [0.3, 0.4) is 0 Å². The van der Waals surface area contributed by atoms with E-state index in [0.717, 1.165) is 83.9 Å². The fourth-order valence-corrected chi connectivity index (χ4v) is 6.86. The number of aliphatic carboxylic acids is 2. The highest BCUT2D eigenvalue weighted by Gasteiger charge is 2.34. The molecule has 1 atom stereocenters. The van der Waals surface area contributed by atoms with Crippen LogP contribution in [0.5, 0.6) is 0 Å². The number of thioether (sulfide) groups is 1. The third-order valence-corrected chi connectivity index (χ3v) is 9.57. The monoisotopic (exact) mass is 594 g/mol. The normalized spacial score (nSPS) is 16.1. The van der Waals surface area contributed by atoms with Gasteiger partial charge in [0, 0.05) is 51.5 Å². The molecule has 1 saturated heterocycles. The van der Waals surface area contributed by atoms with Crippen LogP contribution < -0.4 is 0 Å². The number of carboxylic acids is 2. The van der Waals surface area contributed by atoms with E-state index in [0.29, 0.717) is 23.8 Å². The zero-order valence-corrected chi connectivity index (χ0v) is 25.5. The number of hydrogen-bond donors (Lipinski definition) is 4. The van der Waals surface area contributed by atoms with Crippen LogP contribution in [0.25, 0.3) is 50.4 Å². The zero-order valence-electron chi connectivity index (χ0n) is 24.7. The van der Waals surface area contributed by atoms with Crippen molar-refractivity contribution in [2.75, 3.05) is 5.75 Å². The van der Waals surface area contributed by atoms with Gasteiger partial charge in [-0.15, -0.1) is 0 Å². The first-order chi connectivity index (χ1) is 20.5. The van der Waals surface area contributed by atoms with Crippen LogP contribution in [0, 0.1) is 13.8 Å². The van der Waals surface area contributed by atoms with Crippen molar-refractivity contribution in [3.8, 4) is 0 Å². The summed E-state index contributed by atoms with van der Waals surface area (Å²) in [5.41, 5.74) is 14.8. The van der Waals surface area contributed by atoms with E-state index in [2.05, 4.69) is 42.5 Å². The number of carboxylic acid groups (broad SMARTS) is 2. The van der Waals surface area contributed by atoms with E-state index in [1.165, 1.54) is 5.57 Å². The maximum atomic E-state index is 11.6. The smallest absolute Gasteiger partial charge is 0.303 e. The lowest BCUT2D eigenvalue weighted by molar-refractivity contribution is -0.137. The van der Waals surface area contributed by atoms with Gasteiger partial charge >= 0.3 is 11.9 Å². The fraction of sp³-hybridized carbons (Fsp3) is 0.294. The number of aromatic nitrogens is 4. The Morgan fingerprint density at radius 3 is 2.12 bits per heavy atom. The number of rotatable bonds is 8. The molecular weight excluding hydrogens is 560 g/mol. The summed E-state index contributed by atoms with van der Waals surface area (Å²) in [6.45, 7) is 12.2. The Morgan fingerprint density at radius 2 is 1.44 bits per heavy atom. The predicted molar refractivity (Wildman–Crippen MR) is 175 cm³/mol. The lowest BCUT2D eigenvalue weighted by atomic mass is 9.99. The van der Waals surface area contributed by atoms with Gasteiger partial charge in [-0.05, 0) is 104 Å². The molecule has 8 nitrogen and oxygen atoms in total. The molecule has 0 amide bonds. The molecule has 8 bridgehead atoms. The van der Waals surface area contributed by atoms with Gasteiger partial charge in [0.15, 0.2) is 0 Å². The molecule has 220 valence electrons. The highest BCUT2D eigenvalue weighted by atomic mass is 32.2. The molecule has 3 aliphatic rings. The second-order valence-corrected chi connectivity index (χ2v) is 12.6. The third-order valence-electron chi connectivity index (χ3n) is 8.67. The van der Waals surface area contributed by atoms with E-state index in [1.54, 1.807) is 0 Å². The van der Waals surface area contributed by atoms with Gasteiger partial charge in [-0.3, -0.25) is 9.59 Å². The summed E-state index contributed by atoms with van der Waals surface area (Å²) in [7, 11) is 0. The summed E-state index contributed by atoms with van der Waals surface area (Å²) in [6, 6.07) is 8.12. The van der Waals surface area contributed by atoms with Gasteiger partial charge in [-0.1, -0.05) is 12.7 Å². The van der Waals surface area contributed by atoms with Gasteiger partial charge in [-0.25, -0.2) is 9.97 Å². The molecule has 0 aliphatic carbocycles. The number of H-pyrrole nitrogens is 2. The Bertz CT molecular complexity index is 1960. The van der Waals surface area contributed by atoms with E-state index in [-0.39, 0.29) is 12.8 Å². The number of aromatic amines is 2. The summed E-state index contributed by atoms with van der Waals surface area (Å²) < 4.78 is 0. The van der Waals surface area contributed by atoms with Crippen LogP contribution in [0.2, 0.25) is 0 Å². The number of hydrogen-bond acceptors (Lipinski definition) is 5. The third kappa shape index (κ3) is 5.33. The van der Waals surface area contributed by atoms with Crippen LogP contribution in [0.15, 0.2) is 30.8 Å². The lowest BCUT2D eigenvalue weighted by Gasteiger charge is -2.03. The van der Waals surface area contributed by atoms with Crippen LogP contribution in [-0.2, 0) is 16.0 Å². The molecule has 0 spiro atoms. The maximum absolute atomic E-state index is 11.6. The van der Waals surface area contributed by atoms with Crippen LogP contribution >= 0.6 is 11.8 Å². The molecule has 0 saturated carbocycles. The number of carbonyl (C=O) groups is 2. The zero-order chi connectivity index (χ0) is 30.6. The molecule has 4 N–H and O–H groups in total. The summed E-state index contributed by atoms with van der Waals surface area (Å²) in [6.07, 6.45) is 2.52. The molecular formula is C34H34N4O4S. The molecule has 1 fully saturated rings. The van der Waals surface area contributed by atoms with Crippen LogP contribution in [0.4, 0.5) is 0 Å². The van der Waals surface area contributed by atoms with Gasteiger partial charge in [0.2, 0.25) is 0 Å². The van der Waals surface area contributed by atoms with Crippen molar-refractivity contribution in [2.45, 2.75) is 58.6 Å². The second-order valence-electron chi connectivity index (χ2n) is 11.3. The van der Waals surface area contributed by atoms with E-state index < -0.39 is 11.9 Å². The van der Waals surface area contributed by atoms with Crippen molar-refractivity contribution in [1.29, 1.82) is 0 Å². The summed E-state index contributed by atoms with van der Waals surface area (Å²) >= 11 is 1.90. The SMILES string of the molecule is C=Cc1c(C)c2cc3[nH]c(cc4nc(cc5nc(cc1[nH]2)C(C)=C5[C@@H]1CS1)C(C)=C4CCC(=O)O)c(CCC(=O)O)c3C. The van der Waals surface area contributed by atoms with E-state index in [4.69, 9.17) is 9.97 Å². The van der Waals surface area contributed by atoms with Crippen molar-refractivity contribution in [3.05, 3.63) is 75.9 Å². The number of fused-ring (bicyclic) bond motifs is 8. The molecule has 3 aromatic rings. The molecule has 6 rings (SSSR count). The molecule has 6 heterocycles. The second kappa shape index (κ2) is 11.0. The van der Waals surface area contributed by atoms with Gasteiger partial charge in [0.25, 0.3) is 0 Å². The number of aryl methyl sites for hydroxylation is 3. The largest absolute Gasteiger partial charge is 0.481 e. The van der Waals surface area contributed by atoms with Crippen molar-refractivity contribution >= 4 is 74.1 Å². The first-order valence-electron chi connectivity index (χ1n) is 14.4. The Kier molecular flexibility index (Phi) is 7.38. The van der Waals surface area contributed by atoms with Gasteiger partial charge in [-0.2, -0.15) is 11.8 Å². The molecule has 0 radical (unpaired) electrons. The number of nitrogens with one attached hydrogen (secondary N) is 2.